The van der Waals surface area contributed by atoms with Crippen LogP contribution in [-0.4, -0.2) is 33.7 Å². The topological polar surface area (TPSA) is 36.4 Å². The molecule has 1 aromatic rings. The van der Waals surface area contributed by atoms with Crippen molar-refractivity contribution in [3.8, 4) is 0 Å². The summed E-state index contributed by atoms with van der Waals surface area (Å²) in [6, 6.07) is 3.86. The SMILES string of the molecule is OC1(C2CC2)CN(Cc2ccnc(Cl)c2)C1. The third kappa shape index (κ3) is 1.95. The Labute approximate surface area is 100 Å². The molecule has 0 spiro atoms. The summed E-state index contributed by atoms with van der Waals surface area (Å²) in [5, 5.41) is 10.7. The summed E-state index contributed by atoms with van der Waals surface area (Å²) in [4.78, 5) is 6.21. The Bertz CT molecular complexity index is 400. The van der Waals surface area contributed by atoms with E-state index in [-0.39, 0.29) is 0 Å². The summed E-state index contributed by atoms with van der Waals surface area (Å²) < 4.78 is 0. The predicted octanol–water partition coefficient (Wildman–Crippen LogP) is 1.69. The maximum atomic E-state index is 10.2. The Hall–Kier alpha value is -0.640. The molecule has 1 saturated heterocycles. The molecule has 0 unspecified atom stereocenters. The van der Waals surface area contributed by atoms with Crippen LogP contribution in [0.3, 0.4) is 0 Å². The second-order valence-corrected chi connectivity index (χ2v) is 5.40. The molecule has 0 amide bonds. The highest BCUT2D eigenvalue weighted by Gasteiger charge is 2.51. The number of β-amino-alcohol motifs (C(OH)–C–C–N with tert-alkyl or cyclic N) is 1. The smallest absolute Gasteiger partial charge is 0.129 e. The molecule has 86 valence electrons. The number of nitrogens with zero attached hydrogens (tertiary/aromatic N) is 2. The molecule has 0 bridgehead atoms. The second-order valence-electron chi connectivity index (χ2n) is 5.01. The van der Waals surface area contributed by atoms with Crippen molar-refractivity contribution >= 4 is 11.6 Å². The Balaban J connectivity index is 1.58. The number of aromatic nitrogens is 1. The first-order chi connectivity index (χ1) is 7.66. The zero-order valence-electron chi connectivity index (χ0n) is 9.06. The van der Waals surface area contributed by atoms with E-state index in [1.807, 2.05) is 12.1 Å². The van der Waals surface area contributed by atoms with Crippen LogP contribution < -0.4 is 0 Å². The van der Waals surface area contributed by atoms with E-state index in [1.54, 1.807) is 6.20 Å². The summed E-state index contributed by atoms with van der Waals surface area (Å²) in [7, 11) is 0. The van der Waals surface area contributed by atoms with Gasteiger partial charge in [0.05, 0.1) is 5.60 Å². The van der Waals surface area contributed by atoms with E-state index in [9.17, 15) is 5.11 Å². The Morgan fingerprint density at radius 1 is 1.50 bits per heavy atom. The molecule has 1 aromatic heterocycles. The molecule has 1 N–H and O–H groups in total. The first-order valence-corrected chi connectivity index (χ1v) is 6.09. The summed E-state index contributed by atoms with van der Waals surface area (Å²) >= 11 is 5.83. The van der Waals surface area contributed by atoms with Crippen LogP contribution in [0.1, 0.15) is 18.4 Å². The van der Waals surface area contributed by atoms with E-state index >= 15 is 0 Å². The minimum absolute atomic E-state index is 0.392. The lowest BCUT2D eigenvalue weighted by molar-refractivity contribution is -0.116. The number of aliphatic hydroxyl groups is 1. The van der Waals surface area contributed by atoms with Gasteiger partial charge in [0.25, 0.3) is 0 Å². The molecule has 0 radical (unpaired) electrons. The van der Waals surface area contributed by atoms with Gasteiger partial charge in [-0.2, -0.15) is 0 Å². The molecular weight excluding hydrogens is 224 g/mol. The van der Waals surface area contributed by atoms with E-state index < -0.39 is 5.60 Å². The average Bonchev–Trinajstić information content (AvgIpc) is 2.98. The monoisotopic (exact) mass is 238 g/mol. The maximum Gasteiger partial charge on any atom is 0.129 e. The molecule has 2 fully saturated rings. The predicted molar refractivity (Wildman–Crippen MR) is 62.2 cm³/mol. The lowest BCUT2D eigenvalue weighted by Crippen LogP contribution is -2.62. The molecule has 0 aromatic carbocycles. The average molecular weight is 239 g/mol. The molecule has 3 rings (SSSR count). The number of pyridine rings is 1. The van der Waals surface area contributed by atoms with Crippen molar-refractivity contribution in [2.75, 3.05) is 13.1 Å². The fraction of sp³-hybridized carbons (Fsp3) is 0.583. The van der Waals surface area contributed by atoms with E-state index in [0.717, 1.165) is 25.2 Å². The Morgan fingerprint density at radius 3 is 2.88 bits per heavy atom. The molecule has 2 aliphatic rings. The van der Waals surface area contributed by atoms with Gasteiger partial charge in [0.1, 0.15) is 5.15 Å². The van der Waals surface area contributed by atoms with Crippen LogP contribution in [0, 0.1) is 5.92 Å². The zero-order valence-corrected chi connectivity index (χ0v) is 9.82. The normalized spacial score (nSPS) is 24.1. The van der Waals surface area contributed by atoms with Crippen LogP contribution in [0.25, 0.3) is 0 Å². The van der Waals surface area contributed by atoms with Crippen LogP contribution in [0.15, 0.2) is 18.3 Å². The van der Waals surface area contributed by atoms with Gasteiger partial charge in [0.15, 0.2) is 0 Å². The fourth-order valence-electron chi connectivity index (χ4n) is 2.52. The van der Waals surface area contributed by atoms with Crippen molar-refractivity contribution in [1.82, 2.24) is 9.88 Å². The molecule has 1 aliphatic carbocycles. The fourth-order valence-corrected chi connectivity index (χ4v) is 2.71. The van der Waals surface area contributed by atoms with Gasteiger partial charge in [-0.05, 0) is 36.5 Å². The molecule has 1 aliphatic heterocycles. The first kappa shape index (κ1) is 10.5. The van der Waals surface area contributed by atoms with Crippen molar-refractivity contribution < 1.29 is 5.11 Å². The summed E-state index contributed by atoms with van der Waals surface area (Å²) in [6.07, 6.45) is 4.13. The molecule has 2 heterocycles. The molecule has 1 saturated carbocycles. The van der Waals surface area contributed by atoms with Crippen molar-refractivity contribution in [3.05, 3.63) is 29.0 Å². The van der Waals surface area contributed by atoms with Crippen molar-refractivity contribution in [2.45, 2.75) is 25.0 Å². The highest BCUT2D eigenvalue weighted by atomic mass is 35.5. The summed E-state index contributed by atoms with van der Waals surface area (Å²) in [5.74, 6) is 0.560. The minimum Gasteiger partial charge on any atom is -0.387 e. The zero-order chi connectivity index (χ0) is 11.2. The molecule has 16 heavy (non-hydrogen) atoms. The standard InChI is InChI=1S/C12H15ClN2O/c13-11-5-9(3-4-14-11)6-15-7-12(16,8-15)10-1-2-10/h3-5,10,16H,1-2,6-8H2. The van der Waals surface area contributed by atoms with E-state index in [0.29, 0.717) is 11.1 Å². The number of likely N-dealkylation sites (tertiary alicyclic amines) is 1. The lowest BCUT2D eigenvalue weighted by atomic mass is 9.88. The van der Waals surface area contributed by atoms with Gasteiger partial charge in [-0.3, -0.25) is 4.90 Å². The molecule has 0 atom stereocenters. The van der Waals surface area contributed by atoms with E-state index in [2.05, 4.69) is 9.88 Å². The summed E-state index contributed by atoms with van der Waals surface area (Å²) in [5.41, 5.74) is 0.773. The van der Waals surface area contributed by atoms with Gasteiger partial charge in [0, 0.05) is 25.8 Å². The third-order valence-electron chi connectivity index (χ3n) is 3.53. The van der Waals surface area contributed by atoms with E-state index in [1.165, 1.54) is 12.8 Å². The quantitative estimate of drug-likeness (QED) is 0.815. The highest BCUT2D eigenvalue weighted by Crippen LogP contribution is 2.44. The van der Waals surface area contributed by atoms with Gasteiger partial charge < -0.3 is 5.11 Å². The van der Waals surface area contributed by atoms with Crippen LogP contribution in [0.5, 0.6) is 0 Å². The highest BCUT2D eigenvalue weighted by molar-refractivity contribution is 6.29. The van der Waals surface area contributed by atoms with Crippen molar-refractivity contribution in [3.63, 3.8) is 0 Å². The van der Waals surface area contributed by atoms with Crippen LogP contribution >= 0.6 is 11.6 Å². The lowest BCUT2D eigenvalue weighted by Gasteiger charge is -2.47. The molecule has 4 heteroatoms. The molecular formula is C12H15ClN2O. The number of rotatable bonds is 3. The number of hydrogen-bond acceptors (Lipinski definition) is 3. The summed E-state index contributed by atoms with van der Waals surface area (Å²) in [6.45, 7) is 2.46. The van der Waals surface area contributed by atoms with Crippen LogP contribution in [0.2, 0.25) is 5.15 Å². The maximum absolute atomic E-state index is 10.2. The third-order valence-corrected chi connectivity index (χ3v) is 3.74. The first-order valence-electron chi connectivity index (χ1n) is 5.71. The van der Waals surface area contributed by atoms with Gasteiger partial charge >= 0.3 is 0 Å². The second kappa shape index (κ2) is 3.69. The number of hydrogen-bond donors (Lipinski definition) is 1. The number of halogens is 1. The van der Waals surface area contributed by atoms with Crippen LogP contribution in [0.4, 0.5) is 0 Å². The van der Waals surface area contributed by atoms with Crippen LogP contribution in [-0.2, 0) is 6.54 Å². The Morgan fingerprint density at radius 2 is 2.25 bits per heavy atom. The van der Waals surface area contributed by atoms with Gasteiger partial charge in [0.2, 0.25) is 0 Å². The van der Waals surface area contributed by atoms with Gasteiger partial charge in [-0.25, -0.2) is 4.98 Å². The largest absolute Gasteiger partial charge is 0.387 e. The van der Waals surface area contributed by atoms with E-state index in [4.69, 9.17) is 11.6 Å². The Kier molecular flexibility index (Phi) is 2.42. The van der Waals surface area contributed by atoms with Gasteiger partial charge in [-0.1, -0.05) is 11.6 Å². The van der Waals surface area contributed by atoms with Crippen molar-refractivity contribution in [1.29, 1.82) is 0 Å². The minimum atomic E-state index is -0.392. The molecule has 3 nitrogen and oxygen atoms in total. The van der Waals surface area contributed by atoms with Gasteiger partial charge in [-0.15, -0.1) is 0 Å². The van der Waals surface area contributed by atoms with Crippen molar-refractivity contribution in [2.24, 2.45) is 5.92 Å².